The highest BCUT2D eigenvalue weighted by atomic mass is 35.5. The highest BCUT2D eigenvalue weighted by Crippen LogP contribution is 2.24. The molecule has 0 radical (unpaired) electrons. The molecule has 2 aromatic rings. The molecule has 1 heterocycles. The molecule has 20 heavy (non-hydrogen) atoms. The fourth-order valence-electron chi connectivity index (χ4n) is 1.55. The average Bonchev–Trinajstić information content (AvgIpc) is 2.86. The van der Waals surface area contributed by atoms with Crippen LogP contribution in [0.1, 0.15) is 15.9 Å². The molecule has 0 aliphatic heterocycles. The number of rotatable bonds is 5. The minimum absolute atomic E-state index is 0.00738. The van der Waals surface area contributed by atoms with Crippen LogP contribution < -0.4 is 5.32 Å². The topological polar surface area (TPSA) is 92.5 Å². The summed E-state index contributed by atoms with van der Waals surface area (Å²) in [6.07, 6.45) is 0. The van der Waals surface area contributed by atoms with Gasteiger partial charge in [-0.05, 0) is 23.8 Å². The predicted octanol–water partition coefficient (Wildman–Crippen LogP) is 3.62. The van der Waals surface area contributed by atoms with Crippen molar-refractivity contribution < 1.29 is 14.8 Å². The number of hydrogen-bond acceptors (Lipinski definition) is 5. The quantitative estimate of drug-likeness (QED) is 0.649. The number of thiophene rings is 1. The summed E-state index contributed by atoms with van der Waals surface area (Å²) in [7, 11) is 0. The van der Waals surface area contributed by atoms with Gasteiger partial charge in [0.05, 0.1) is 15.5 Å². The molecule has 0 saturated heterocycles. The molecular formula is C12H9ClN2O4S. The van der Waals surface area contributed by atoms with Gasteiger partial charge in [0.2, 0.25) is 0 Å². The Hall–Kier alpha value is -2.12. The number of carbonyl (C=O) groups is 1. The van der Waals surface area contributed by atoms with Crippen molar-refractivity contribution in [2.45, 2.75) is 6.54 Å². The van der Waals surface area contributed by atoms with Gasteiger partial charge in [0.25, 0.3) is 0 Å². The number of carboxylic acids is 1. The maximum Gasteiger partial charge on any atom is 0.337 e. The van der Waals surface area contributed by atoms with Gasteiger partial charge in [-0.3, -0.25) is 10.1 Å². The minimum atomic E-state index is -1.11. The first-order valence-electron chi connectivity index (χ1n) is 5.46. The summed E-state index contributed by atoms with van der Waals surface area (Å²) in [5, 5.41) is 24.4. The van der Waals surface area contributed by atoms with E-state index in [-0.39, 0.29) is 15.6 Å². The Bertz CT molecular complexity index is 671. The van der Waals surface area contributed by atoms with Crippen molar-refractivity contribution >= 4 is 39.6 Å². The molecule has 0 amide bonds. The summed E-state index contributed by atoms with van der Waals surface area (Å²) in [6.45, 7) is 0.366. The van der Waals surface area contributed by atoms with E-state index in [1.54, 1.807) is 11.4 Å². The zero-order chi connectivity index (χ0) is 14.7. The van der Waals surface area contributed by atoms with Crippen molar-refractivity contribution in [3.05, 3.63) is 55.9 Å². The molecular weight excluding hydrogens is 304 g/mol. The molecule has 0 aliphatic carbocycles. The van der Waals surface area contributed by atoms with Crippen LogP contribution in [0.4, 0.5) is 10.7 Å². The van der Waals surface area contributed by atoms with Crippen LogP contribution in [0.15, 0.2) is 29.6 Å². The first-order chi connectivity index (χ1) is 9.47. The molecule has 0 bridgehead atoms. The van der Waals surface area contributed by atoms with Crippen molar-refractivity contribution in [3.63, 3.8) is 0 Å². The molecule has 0 unspecified atom stereocenters. The number of carboxylic acid groups (broad SMARTS) is 1. The first kappa shape index (κ1) is 14.3. The molecule has 2 N–H and O–H groups in total. The van der Waals surface area contributed by atoms with E-state index in [2.05, 4.69) is 5.32 Å². The van der Waals surface area contributed by atoms with Gasteiger partial charge in [-0.1, -0.05) is 22.9 Å². The summed E-state index contributed by atoms with van der Waals surface area (Å²) in [6, 6.07) is 6.04. The summed E-state index contributed by atoms with van der Waals surface area (Å²) >= 11 is 6.81. The van der Waals surface area contributed by atoms with E-state index < -0.39 is 10.9 Å². The summed E-state index contributed by atoms with van der Waals surface area (Å²) < 4.78 is 0. The Kier molecular flexibility index (Phi) is 4.21. The molecule has 8 heteroatoms. The monoisotopic (exact) mass is 312 g/mol. The summed E-state index contributed by atoms with van der Waals surface area (Å²) in [5.41, 5.74) is 1.35. The van der Waals surface area contributed by atoms with E-state index in [4.69, 9.17) is 16.7 Å². The van der Waals surface area contributed by atoms with Gasteiger partial charge >= 0.3 is 11.0 Å². The third-order valence-corrected chi connectivity index (χ3v) is 3.77. The van der Waals surface area contributed by atoms with Crippen LogP contribution in [-0.2, 0) is 6.54 Å². The second kappa shape index (κ2) is 5.89. The predicted molar refractivity (Wildman–Crippen MR) is 76.7 cm³/mol. The lowest BCUT2D eigenvalue weighted by molar-refractivity contribution is -0.380. The van der Waals surface area contributed by atoms with Gasteiger partial charge in [-0.2, -0.15) is 0 Å². The molecule has 1 aromatic carbocycles. The van der Waals surface area contributed by atoms with Crippen LogP contribution in [0.3, 0.4) is 0 Å². The van der Waals surface area contributed by atoms with E-state index in [9.17, 15) is 14.9 Å². The molecule has 104 valence electrons. The SMILES string of the molecule is O=C(O)c1cc(NCc2csc([N+](=O)[O-])c2)ccc1Cl. The van der Waals surface area contributed by atoms with Gasteiger partial charge in [-0.25, -0.2) is 4.79 Å². The molecule has 6 nitrogen and oxygen atoms in total. The first-order valence-corrected chi connectivity index (χ1v) is 6.71. The zero-order valence-corrected chi connectivity index (χ0v) is 11.6. The zero-order valence-electron chi connectivity index (χ0n) is 10.00. The Morgan fingerprint density at radius 1 is 1.45 bits per heavy atom. The number of hydrogen-bond donors (Lipinski definition) is 2. The molecule has 2 rings (SSSR count). The molecule has 1 aromatic heterocycles. The van der Waals surface area contributed by atoms with Gasteiger partial charge in [0.15, 0.2) is 0 Å². The Labute approximate surface area is 122 Å². The van der Waals surface area contributed by atoms with Crippen molar-refractivity contribution in [3.8, 4) is 0 Å². The number of nitrogens with one attached hydrogen (secondary N) is 1. The normalized spacial score (nSPS) is 10.2. The summed E-state index contributed by atoms with van der Waals surface area (Å²) in [4.78, 5) is 21.1. The second-order valence-corrected chi connectivity index (χ2v) is 5.20. The van der Waals surface area contributed by atoms with E-state index in [1.807, 2.05) is 0 Å². The molecule has 0 spiro atoms. The second-order valence-electron chi connectivity index (χ2n) is 3.90. The number of aromatic carboxylic acids is 1. The van der Waals surface area contributed by atoms with Gasteiger partial charge < -0.3 is 10.4 Å². The third kappa shape index (κ3) is 3.25. The maximum absolute atomic E-state index is 10.9. The summed E-state index contributed by atoms with van der Waals surface area (Å²) in [5.74, 6) is -1.11. The van der Waals surface area contributed by atoms with Gasteiger partial charge in [0, 0.05) is 23.7 Å². The Balaban J connectivity index is 2.08. The van der Waals surface area contributed by atoms with Crippen molar-refractivity contribution in [1.29, 1.82) is 0 Å². The molecule has 0 atom stereocenters. The van der Waals surface area contributed by atoms with E-state index in [0.717, 1.165) is 16.9 Å². The van der Waals surface area contributed by atoms with E-state index in [0.29, 0.717) is 12.2 Å². The van der Waals surface area contributed by atoms with Crippen LogP contribution in [0.25, 0.3) is 0 Å². The number of benzene rings is 1. The fraction of sp³-hybridized carbons (Fsp3) is 0.0833. The third-order valence-electron chi connectivity index (χ3n) is 2.51. The van der Waals surface area contributed by atoms with Crippen LogP contribution in [0.2, 0.25) is 5.02 Å². The number of nitrogens with zero attached hydrogens (tertiary/aromatic N) is 1. The number of anilines is 1. The maximum atomic E-state index is 10.9. The van der Waals surface area contributed by atoms with Crippen molar-refractivity contribution in [2.24, 2.45) is 0 Å². The Morgan fingerprint density at radius 2 is 2.20 bits per heavy atom. The number of nitro groups is 1. The van der Waals surface area contributed by atoms with Crippen LogP contribution in [0.5, 0.6) is 0 Å². The highest BCUT2D eigenvalue weighted by molar-refractivity contribution is 7.13. The van der Waals surface area contributed by atoms with E-state index >= 15 is 0 Å². The van der Waals surface area contributed by atoms with Crippen molar-refractivity contribution in [2.75, 3.05) is 5.32 Å². The fourth-order valence-corrected chi connectivity index (χ4v) is 2.48. The molecule has 0 fully saturated rings. The standard InChI is InChI=1S/C12H9ClN2O4S/c13-10-2-1-8(4-9(10)12(16)17)14-5-7-3-11(15(18)19)20-6-7/h1-4,6,14H,5H2,(H,16,17). The van der Waals surface area contributed by atoms with Crippen molar-refractivity contribution in [1.82, 2.24) is 0 Å². The largest absolute Gasteiger partial charge is 0.478 e. The lowest BCUT2D eigenvalue weighted by Crippen LogP contribution is -2.02. The lowest BCUT2D eigenvalue weighted by Gasteiger charge is -2.07. The van der Waals surface area contributed by atoms with Crippen LogP contribution in [-0.4, -0.2) is 16.0 Å². The van der Waals surface area contributed by atoms with Crippen LogP contribution >= 0.6 is 22.9 Å². The van der Waals surface area contributed by atoms with Gasteiger partial charge in [0.1, 0.15) is 0 Å². The average molecular weight is 313 g/mol. The molecule has 0 aliphatic rings. The lowest BCUT2D eigenvalue weighted by atomic mass is 10.2. The number of halogens is 1. The van der Waals surface area contributed by atoms with Crippen LogP contribution in [0, 0.1) is 10.1 Å². The van der Waals surface area contributed by atoms with Gasteiger partial charge in [-0.15, -0.1) is 0 Å². The minimum Gasteiger partial charge on any atom is -0.478 e. The smallest absolute Gasteiger partial charge is 0.337 e. The molecule has 0 saturated carbocycles. The Morgan fingerprint density at radius 3 is 2.80 bits per heavy atom. The van der Waals surface area contributed by atoms with E-state index in [1.165, 1.54) is 18.2 Å². The highest BCUT2D eigenvalue weighted by Gasteiger charge is 2.11.